The highest BCUT2D eigenvalue weighted by Crippen LogP contribution is 2.38. The van der Waals surface area contributed by atoms with Gasteiger partial charge in [0.2, 0.25) is 0 Å². The number of aromatic amines is 1. The average Bonchev–Trinajstić information content (AvgIpc) is 3.25. The fraction of sp³-hybridized carbons (Fsp3) is 0.346. The molecular formula is C26H27NO10. The van der Waals surface area contributed by atoms with Gasteiger partial charge in [0.15, 0.2) is 0 Å². The van der Waals surface area contributed by atoms with E-state index >= 15 is 0 Å². The molecule has 196 valence electrons. The van der Waals surface area contributed by atoms with Crippen LogP contribution in [0.25, 0.3) is 21.8 Å². The minimum Gasteiger partial charge on any atom is -0.465 e. The molecule has 11 heteroatoms. The molecule has 0 saturated carbocycles. The van der Waals surface area contributed by atoms with E-state index in [1.54, 1.807) is 33.8 Å². The van der Waals surface area contributed by atoms with Crippen molar-refractivity contribution in [1.82, 2.24) is 4.98 Å². The number of ether oxygens (including phenoxy) is 5. The molecule has 0 aliphatic rings. The third kappa shape index (κ3) is 4.97. The highest BCUT2D eigenvalue weighted by molar-refractivity contribution is 6.29. The molecule has 0 atom stereocenters. The van der Waals surface area contributed by atoms with E-state index < -0.39 is 41.0 Å². The van der Waals surface area contributed by atoms with Gasteiger partial charge in [-0.2, -0.15) is 0 Å². The quantitative estimate of drug-likeness (QED) is 0.331. The van der Waals surface area contributed by atoms with E-state index in [4.69, 9.17) is 23.7 Å². The van der Waals surface area contributed by atoms with Gasteiger partial charge in [-0.25, -0.2) is 24.0 Å². The monoisotopic (exact) mass is 513 g/mol. The van der Waals surface area contributed by atoms with Crippen molar-refractivity contribution in [2.75, 3.05) is 33.5 Å². The first-order valence-corrected chi connectivity index (χ1v) is 11.7. The SMILES string of the molecule is CCOC(=O)c1c(C(=O)OCC)c(C(=O)OCC)c2c([nH]c3ccc(C(=O)OC)cc32)c1C(=O)OCC. The second-order valence-electron chi connectivity index (χ2n) is 7.51. The number of esters is 5. The van der Waals surface area contributed by atoms with Gasteiger partial charge in [-0.05, 0) is 45.9 Å². The molecule has 1 N–H and O–H groups in total. The van der Waals surface area contributed by atoms with Crippen molar-refractivity contribution in [3.63, 3.8) is 0 Å². The minimum absolute atomic E-state index is 0.0228. The Morgan fingerprint density at radius 1 is 0.649 bits per heavy atom. The molecule has 37 heavy (non-hydrogen) atoms. The summed E-state index contributed by atoms with van der Waals surface area (Å²) in [4.78, 5) is 68.3. The normalized spacial score (nSPS) is 10.7. The Bertz CT molecular complexity index is 1400. The second-order valence-corrected chi connectivity index (χ2v) is 7.51. The highest BCUT2D eigenvalue weighted by Gasteiger charge is 2.37. The molecule has 0 spiro atoms. The van der Waals surface area contributed by atoms with Crippen LogP contribution in [-0.2, 0) is 23.7 Å². The average molecular weight is 513 g/mol. The molecule has 0 amide bonds. The van der Waals surface area contributed by atoms with Crippen LogP contribution in [-0.4, -0.2) is 68.4 Å². The fourth-order valence-corrected chi connectivity index (χ4v) is 4.01. The smallest absolute Gasteiger partial charge is 0.341 e. The summed E-state index contributed by atoms with van der Waals surface area (Å²) >= 11 is 0. The van der Waals surface area contributed by atoms with E-state index in [2.05, 4.69) is 4.98 Å². The Hall–Kier alpha value is -4.41. The summed E-state index contributed by atoms with van der Waals surface area (Å²) in [5, 5.41) is 0.366. The Morgan fingerprint density at radius 3 is 1.59 bits per heavy atom. The number of aromatic nitrogens is 1. The zero-order valence-electron chi connectivity index (χ0n) is 21.1. The molecule has 1 heterocycles. The molecular weight excluding hydrogens is 486 g/mol. The molecule has 0 radical (unpaired) electrons. The molecule has 2 aromatic carbocycles. The van der Waals surface area contributed by atoms with Crippen LogP contribution in [0.15, 0.2) is 18.2 Å². The number of H-pyrrole nitrogens is 1. The maximum absolute atomic E-state index is 13.3. The zero-order chi connectivity index (χ0) is 27.3. The first-order chi connectivity index (χ1) is 17.7. The van der Waals surface area contributed by atoms with Crippen LogP contribution >= 0.6 is 0 Å². The van der Waals surface area contributed by atoms with Gasteiger partial charge in [0.25, 0.3) is 0 Å². The maximum Gasteiger partial charge on any atom is 0.341 e. The number of fused-ring (bicyclic) bond motifs is 3. The first kappa shape index (κ1) is 27.2. The topological polar surface area (TPSA) is 147 Å². The van der Waals surface area contributed by atoms with E-state index in [0.29, 0.717) is 10.9 Å². The van der Waals surface area contributed by atoms with Gasteiger partial charge in [0.05, 0.1) is 66.9 Å². The molecule has 3 rings (SSSR count). The number of benzene rings is 2. The number of hydrogen-bond acceptors (Lipinski definition) is 10. The van der Waals surface area contributed by atoms with Crippen molar-refractivity contribution in [2.45, 2.75) is 27.7 Å². The third-order valence-electron chi connectivity index (χ3n) is 5.39. The van der Waals surface area contributed by atoms with E-state index in [9.17, 15) is 24.0 Å². The van der Waals surface area contributed by atoms with Gasteiger partial charge in [-0.1, -0.05) is 0 Å². The summed E-state index contributed by atoms with van der Waals surface area (Å²) < 4.78 is 25.6. The largest absolute Gasteiger partial charge is 0.465 e. The minimum atomic E-state index is -1.04. The lowest BCUT2D eigenvalue weighted by atomic mass is 9.90. The van der Waals surface area contributed by atoms with E-state index in [1.807, 2.05) is 0 Å². The number of nitrogens with one attached hydrogen (secondary N) is 1. The van der Waals surface area contributed by atoms with Crippen molar-refractivity contribution in [1.29, 1.82) is 0 Å². The van der Waals surface area contributed by atoms with Crippen LogP contribution in [0.5, 0.6) is 0 Å². The summed E-state index contributed by atoms with van der Waals surface area (Å²) in [5.41, 5.74) is -1.06. The fourth-order valence-electron chi connectivity index (χ4n) is 4.01. The van der Waals surface area contributed by atoms with Crippen molar-refractivity contribution in [3.8, 4) is 0 Å². The number of rotatable bonds is 9. The standard InChI is InChI=1S/C26H27NO10/c1-6-34-23(29)17-16-14-12-13(22(28)33-5)10-11-15(14)27-21(16)20(26(32)37-9-4)19(25(31)36-8-3)18(17)24(30)35-7-2/h10-12,27H,6-9H2,1-5H3. The lowest BCUT2D eigenvalue weighted by Gasteiger charge is -2.18. The summed E-state index contributed by atoms with van der Waals surface area (Å²) in [5.74, 6) is -4.60. The number of carbonyl (C=O) groups is 5. The predicted octanol–water partition coefficient (Wildman–Crippen LogP) is 3.81. The lowest BCUT2D eigenvalue weighted by Crippen LogP contribution is -2.24. The Labute approximate surface area is 211 Å². The molecule has 3 aromatic rings. The number of carbonyl (C=O) groups excluding carboxylic acids is 5. The van der Waals surface area contributed by atoms with Crippen LogP contribution < -0.4 is 0 Å². The van der Waals surface area contributed by atoms with Crippen molar-refractivity contribution in [3.05, 3.63) is 46.0 Å². The van der Waals surface area contributed by atoms with Gasteiger partial charge >= 0.3 is 29.8 Å². The molecule has 0 bridgehead atoms. The number of methoxy groups -OCH3 is 1. The van der Waals surface area contributed by atoms with Crippen LogP contribution in [0.3, 0.4) is 0 Å². The Morgan fingerprint density at radius 2 is 1.11 bits per heavy atom. The molecule has 0 unspecified atom stereocenters. The highest BCUT2D eigenvalue weighted by atomic mass is 16.5. The second kappa shape index (κ2) is 11.5. The van der Waals surface area contributed by atoms with Crippen LogP contribution in [0.2, 0.25) is 0 Å². The molecule has 0 aliphatic heterocycles. The summed E-state index contributed by atoms with van der Waals surface area (Å²) in [6, 6.07) is 4.46. The summed E-state index contributed by atoms with van der Waals surface area (Å²) in [6.07, 6.45) is 0. The van der Waals surface area contributed by atoms with Crippen LogP contribution in [0, 0.1) is 0 Å². The van der Waals surface area contributed by atoms with Gasteiger partial charge in [0.1, 0.15) is 0 Å². The van der Waals surface area contributed by atoms with Gasteiger partial charge < -0.3 is 28.7 Å². The Kier molecular flexibility index (Phi) is 8.49. The van der Waals surface area contributed by atoms with Gasteiger partial charge in [-0.3, -0.25) is 0 Å². The van der Waals surface area contributed by atoms with Gasteiger partial charge in [0, 0.05) is 16.3 Å². The van der Waals surface area contributed by atoms with Crippen LogP contribution in [0.1, 0.15) is 79.5 Å². The number of hydrogen-bond donors (Lipinski definition) is 1. The van der Waals surface area contributed by atoms with E-state index in [0.717, 1.165) is 0 Å². The molecule has 1 aromatic heterocycles. The molecule has 11 nitrogen and oxygen atoms in total. The van der Waals surface area contributed by atoms with Crippen molar-refractivity contribution in [2.24, 2.45) is 0 Å². The molecule has 0 saturated heterocycles. The molecule has 0 aliphatic carbocycles. The lowest BCUT2D eigenvalue weighted by molar-refractivity contribution is 0.0446. The summed E-state index contributed by atoms with van der Waals surface area (Å²) in [6.45, 7) is 5.99. The Balaban J connectivity index is 2.68. The molecule has 0 fully saturated rings. The first-order valence-electron chi connectivity index (χ1n) is 11.7. The zero-order valence-corrected chi connectivity index (χ0v) is 21.1. The predicted molar refractivity (Wildman–Crippen MR) is 131 cm³/mol. The van der Waals surface area contributed by atoms with Gasteiger partial charge in [-0.15, -0.1) is 0 Å². The van der Waals surface area contributed by atoms with E-state index in [1.165, 1.54) is 19.2 Å². The summed E-state index contributed by atoms with van der Waals surface area (Å²) in [7, 11) is 1.22. The van der Waals surface area contributed by atoms with Crippen molar-refractivity contribution < 1.29 is 47.7 Å². The third-order valence-corrected chi connectivity index (χ3v) is 5.39. The van der Waals surface area contributed by atoms with Crippen molar-refractivity contribution >= 4 is 51.7 Å². The van der Waals surface area contributed by atoms with Crippen LogP contribution in [0.4, 0.5) is 0 Å². The van der Waals surface area contributed by atoms with E-state index in [-0.39, 0.29) is 54.0 Å². The maximum atomic E-state index is 13.3.